The normalized spacial score (nSPS) is 17.3. The number of nitrogens with zero attached hydrogens (tertiary/aromatic N) is 4. The lowest BCUT2D eigenvalue weighted by Gasteiger charge is -2.32. The number of imidazole rings is 1. The fourth-order valence-electron chi connectivity index (χ4n) is 3.91. The molecule has 0 atom stereocenters. The molecule has 2 aromatic rings. The topological polar surface area (TPSA) is 75.5 Å². The van der Waals surface area contributed by atoms with Crippen LogP contribution in [0.5, 0.6) is 0 Å². The molecule has 1 aromatic heterocycles. The molecular formula is C20H21BrN4O3. The summed E-state index contributed by atoms with van der Waals surface area (Å²) in [6, 6.07) is 5.48. The maximum atomic E-state index is 12.5. The van der Waals surface area contributed by atoms with Crippen molar-refractivity contribution in [3.05, 3.63) is 52.5 Å². The first-order valence-electron chi connectivity index (χ1n) is 9.45. The van der Waals surface area contributed by atoms with Crippen molar-refractivity contribution in [3.8, 4) is 0 Å². The molecule has 3 heterocycles. The molecule has 4 rings (SSSR count). The highest BCUT2D eigenvalue weighted by molar-refractivity contribution is 9.10. The van der Waals surface area contributed by atoms with Crippen LogP contribution in [0.4, 0.5) is 0 Å². The van der Waals surface area contributed by atoms with Crippen molar-refractivity contribution in [2.75, 3.05) is 19.6 Å². The molecule has 0 N–H and O–H groups in total. The Morgan fingerprint density at radius 1 is 1.14 bits per heavy atom. The summed E-state index contributed by atoms with van der Waals surface area (Å²) in [6.07, 6.45) is 8.20. The molecular weight excluding hydrogens is 424 g/mol. The van der Waals surface area contributed by atoms with Crippen LogP contribution in [0.15, 0.2) is 41.4 Å². The zero-order chi connectivity index (χ0) is 19.7. The molecule has 0 bridgehead atoms. The summed E-state index contributed by atoms with van der Waals surface area (Å²) in [6.45, 7) is 1.71. The van der Waals surface area contributed by atoms with E-state index < -0.39 is 0 Å². The van der Waals surface area contributed by atoms with Gasteiger partial charge in [-0.15, -0.1) is 0 Å². The smallest absolute Gasteiger partial charge is 0.261 e. The molecule has 3 amide bonds. The first-order valence-corrected chi connectivity index (χ1v) is 10.2. The van der Waals surface area contributed by atoms with E-state index in [1.807, 2.05) is 17.4 Å². The summed E-state index contributed by atoms with van der Waals surface area (Å²) in [7, 11) is 0. The number of piperidine rings is 1. The van der Waals surface area contributed by atoms with Crippen LogP contribution in [0.25, 0.3) is 0 Å². The number of likely N-dealkylation sites (tertiary alicyclic amines) is 1. The highest BCUT2D eigenvalue weighted by Crippen LogP contribution is 2.27. The number of hydrogen-bond donors (Lipinski definition) is 0. The average molecular weight is 445 g/mol. The Hall–Kier alpha value is -2.48. The summed E-state index contributed by atoms with van der Waals surface area (Å²) < 4.78 is 2.87. The zero-order valence-corrected chi connectivity index (χ0v) is 17.0. The number of amides is 3. The lowest BCUT2D eigenvalue weighted by molar-refractivity contribution is -0.132. The van der Waals surface area contributed by atoms with Crippen LogP contribution in [-0.2, 0) is 4.79 Å². The van der Waals surface area contributed by atoms with Gasteiger partial charge in [-0.05, 0) is 37.5 Å². The highest BCUT2D eigenvalue weighted by Gasteiger charge is 2.35. The number of imide groups is 1. The van der Waals surface area contributed by atoms with Crippen LogP contribution >= 0.6 is 15.9 Å². The lowest BCUT2D eigenvalue weighted by atomic mass is 10.0. The number of hydrogen-bond acceptors (Lipinski definition) is 4. The molecule has 1 saturated heterocycles. The lowest BCUT2D eigenvalue weighted by Crippen LogP contribution is -2.39. The second-order valence-electron chi connectivity index (χ2n) is 7.18. The van der Waals surface area contributed by atoms with Gasteiger partial charge in [-0.1, -0.05) is 15.9 Å². The Balaban J connectivity index is 1.26. The molecule has 146 valence electrons. The second-order valence-corrected chi connectivity index (χ2v) is 8.09. The number of benzene rings is 1. The first-order chi connectivity index (χ1) is 13.5. The van der Waals surface area contributed by atoms with Crippen LogP contribution in [0.1, 0.15) is 52.4 Å². The second kappa shape index (κ2) is 7.87. The summed E-state index contributed by atoms with van der Waals surface area (Å²) in [5.41, 5.74) is 0.855. The van der Waals surface area contributed by atoms with E-state index in [4.69, 9.17) is 0 Å². The maximum absolute atomic E-state index is 12.5. The third-order valence-electron chi connectivity index (χ3n) is 5.47. The number of carbonyl (C=O) groups excluding carboxylic acids is 3. The Bertz CT molecular complexity index is 904. The molecule has 0 saturated carbocycles. The van der Waals surface area contributed by atoms with Crippen LogP contribution in [0.3, 0.4) is 0 Å². The van der Waals surface area contributed by atoms with E-state index in [-0.39, 0.29) is 24.3 Å². The van der Waals surface area contributed by atoms with Crippen molar-refractivity contribution < 1.29 is 14.4 Å². The minimum atomic E-state index is -0.283. The Labute approximate surface area is 171 Å². The van der Waals surface area contributed by atoms with Crippen molar-refractivity contribution in [2.45, 2.75) is 31.7 Å². The molecule has 0 radical (unpaired) electrons. The van der Waals surface area contributed by atoms with Gasteiger partial charge in [0.2, 0.25) is 5.91 Å². The minimum Gasteiger partial charge on any atom is -0.343 e. The van der Waals surface area contributed by atoms with Crippen molar-refractivity contribution in [2.24, 2.45) is 0 Å². The molecule has 2 aliphatic rings. The summed E-state index contributed by atoms with van der Waals surface area (Å²) >= 11 is 3.33. The molecule has 1 aromatic carbocycles. The largest absolute Gasteiger partial charge is 0.343 e. The summed E-state index contributed by atoms with van der Waals surface area (Å²) in [5.74, 6) is -0.473. The fourth-order valence-corrected chi connectivity index (χ4v) is 4.27. The Kier molecular flexibility index (Phi) is 5.30. The van der Waals surface area contributed by atoms with E-state index in [2.05, 4.69) is 25.5 Å². The summed E-state index contributed by atoms with van der Waals surface area (Å²) in [5, 5.41) is 0. The Morgan fingerprint density at radius 2 is 1.89 bits per heavy atom. The van der Waals surface area contributed by atoms with Gasteiger partial charge in [0.25, 0.3) is 11.8 Å². The van der Waals surface area contributed by atoms with Gasteiger partial charge in [0.05, 0.1) is 17.5 Å². The van der Waals surface area contributed by atoms with Crippen molar-refractivity contribution in [1.29, 1.82) is 0 Å². The highest BCUT2D eigenvalue weighted by atomic mass is 79.9. The molecule has 0 spiro atoms. The van der Waals surface area contributed by atoms with Crippen molar-refractivity contribution in [3.63, 3.8) is 0 Å². The molecule has 8 heteroatoms. The number of rotatable bonds is 5. The zero-order valence-electron chi connectivity index (χ0n) is 15.4. The van der Waals surface area contributed by atoms with Crippen LogP contribution in [-0.4, -0.2) is 56.7 Å². The van der Waals surface area contributed by atoms with Gasteiger partial charge in [-0.3, -0.25) is 19.3 Å². The van der Waals surface area contributed by atoms with Crippen molar-refractivity contribution >= 4 is 33.7 Å². The third kappa shape index (κ3) is 3.61. The quantitative estimate of drug-likeness (QED) is 0.664. The van der Waals surface area contributed by atoms with Gasteiger partial charge in [0, 0.05) is 49.0 Å². The van der Waals surface area contributed by atoms with Gasteiger partial charge >= 0.3 is 0 Å². The van der Waals surface area contributed by atoms with E-state index >= 15 is 0 Å². The summed E-state index contributed by atoms with van der Waals surface area (Å²) in [4.78, 5) is 44.6. The van der Waals surface area contributed by atoms with Gasteiger partial charge in [-0.25, -0.2) is 4.98 Å². The van der Waals surface area contributed by atoms with Crippen LogP contribution < -0.4 is 0 Å². The molecule has 28 heavy (non-hydrogen) atoms. The molecule has 0 unspecified atom stereocenters. The first kappa shape index (κ1) is 18.9. The van der Waals surface area contributed by atoms with Gasteiger partial charge < -0.3 is 9.47 Å². The molecule has 0 aliphatic carbocycles. The Morgan fingerprint density at radius 3 is 2.61 bits per heavy atom. The van der Waals surface area contributed by atoms with Gasteiger partial charge in [0.1, 0.15) is 0 Å². The number of fused-ring (bicyclic) bond motifs is 1. The number of aromatic nitrogens is 2. The van der Waals surface area contributed by atoms with E-state index in [0.29, 0.717) is 30.0 Å². The maximum Gasteiger partial charge on any atom is 0.261 e. The van der Waals surface area contributed by atoms with Gasteiger partial charge in [0.15, 0.2) is 0 Å². The van der Waals surface area contributed by atoms with E-state index in [1.165, 1.54) is 4.90 Å². The van der Waals surface area contributed by atoms with E-state index in [9.17, 15) is 14.4 Å². The standard InChI is InChI=1S/C20H21BrN4O3/c21-14-3-4-16-17(12-14)20(28)25(19(16)27)8-1-2-18(26)23-9-5-15(6-10-23)24-11-7-22-13-24/h3-4,7,11-13,15H,1-2,5-6,8-10H2. The molecule has 2 aliphatic heterocycles. The SMILES string of the molecule is O=C(CCCN1C(=O)c2ccc(Br)cc2C1=O)N1CCC(n2ccnc2)CC1. The average Bonchev–Trinajstić information content (AvgIpc) is 3.31. The minimum absolute atomic E-state index is 0.0865. The fraction of sp³-hybridized carbons (Fsp3) is 0.400. The molecule has 1 fully saturated rings. The monoisotopic (exact) mass is 444 g/mol. The predicted octanol–water partition coefficient (Wildman–Crippen LogP) is 2.89. The van der Waals surface area contributed by atoms with E-state index in [0.717, 1.165) is 30.4 Å². The third-order valence-corrected chi connectivity index (χ3v) is 5.96. The van der Waals surface area contributed by atoms with Gasteiger partial charge in [-0.2, -0.15) is 0 Å². The van der Waals surface area contributed by atoms with Crippen molar-refractivity contribution in [1.82, 2.24) is 19.4 Å². The van der Waals surface area contributed by atoms with Crippen LogP contribution in [0, 0.1) is 0 Å². The number of halogens is 1. The predicted molar refractivity (Wildman–Crippen MR) is 106 cm³/mol. The van der Waals surface area contributed by atoms with Crippen LogP contribution in [0.2, 0.25) is 0 Å². The van der Waals surface area contributed by atoms with E-state index in [1.54, 1.807) is 24.4 Å². The molecule has 7 nitrogen and oxygen atoms in total. The number of carbonyl (C=O) groups is 3.